The van der Waals surface area contributed by atoms with Crippen LogP contribution in [0.3, 0.4) is 0 Å². The van der Waals surface area contributed by atoms with Gasteiger partial charge < -0.3 is 4.90 Å². The molecule has 13 heavy (non-hydrogen) atoms. The lowest BCUT2D eigenvalue weighted by Gasteiger charge is -2.21. The third-order valence-corrected chi connectivity index (χ3v) is 3.13. The van der Waals surface area contributed by atoms with Gasteiger partial charge in [-0.3, -0.25) is 4.79 Å². The predicted molar refractivity (Wildman–Crippen MR) is 54.9 cm³/mol. The monoisotopic (exact) mass is 203 g/mol. The molecule has 0 spiro atoms. The zero-order valence-electron chi connectivity index (χ0n) is 8.42. The normalized spacial score (nSPS) is 22.8. The van der Waals surface area contributed by atoms with Gasteiger partial charge in [0.15, 0.2) is 0 Å². The molecule has 1 saturated heterocycles. The molecule has 1 fully saturated rings. The summed E-state index contributed by atoms with van der Waals surface area (Å²) in [6, 6.07) is 0. The Hall–Kier alpha value is -0.240. The summed E-state index contributed by atoms with van der Waals surface area (Å²) >= 11 is 5.95. The first-order valence-corrected chi connectivity index (χ1v) is 5.55. The van der Waals surface area contributed by atoms with Gasteiger partial charge in [-0.1, -0.05) is 13.8 Å². The molecule has 0 aromatic heterocycles. The van der Waals surface area contributed by atoms with E-state index in [4.69, 9.17) is 11.6 Å². The van der Waals surface area contributed by atoms with E-state index in [1.165, 1.54) is 0 Å². The van der Waals surface area contributed by atoms with Gasteiger partial charge >= 0.3 is 0 Å². The van der Waals surface area contributed by atoms with Gasteiger partial charge in [0, 0.05) is 19.0 Å². The summed E-state index contributed by atoms with van der Waals surface area (Å²) in [5, 5.41) is 0.179. The minimum Gasteiger partial charge on any atom is -0.341 e. The van der Waals surface area contributed by atoms with Crippen LogP contribution >= 0.6 is 11.6 Å². The van der Waals surface area contributed by atoms with Gasteiger partial charge in [-0.15, -0.1) is 11.6 Å². The maximum absolute atomic E-state index is 11.8. The average Bonchev–Trinajstić information content (AvgIpc) is 2.54. The number of amides is 1. The molecule has 0 aliphatic carbocycles. The molecular weight excluding hydrogens is 186 g/mol. The molecule has 0 saturated carbocycles. The van der Waals surface area contributed by atoms with E-state index in [9.17, 15) is 4.79 Å². The second-order valence-corrected chi connectivity index (χ2v) is 4.30. The maximum atomic E-state index is 11.8. The highest BCUT2D eigenvalue weighted by Gasteiger charge is 2.27. The molecular formula is C10H18ClNO. The zero-order valence-corrected chi connectivity index (χ0v) is 9.18. The van der Waals surface area contributed by atoms with E-state index in [2.05, 4.69) is 13.8 Å². The fourth-order valence-corrected chi connectivity index (χ4v) is 2.08. The molecule has 1 rings (SSSR count). The van der Waals surface area contributed by atoms with E-state index in [1.54, 1.807) is 0 Å². The van der Waals surface area contributed by atoms with E-state index < -0.39 is 0 Å². The van der Waals surface area contributed by atoms with Crippen molar-refractivity contribution in [2.75, 3.05) is 13.1 Å². The number of rotatable bonds is 3. The highest BCUT2D eigenvalue weighted by Crippen LogP contribution is 2.19. The van der Waals surface area contributed by atoms with Gasteiger partial charge in [-0.2, -0.15) is 0 Å². The van der Waals surface area contributed by atoms with Gasteiger partial charge in [0.2, 0.25) is 5.91 Å². The number of carbonyl (C=O) groups is 1. The second-order valence-electron chi connectivity index (χ2n) is 3.68. The molecule has 1 aliphatic rings. The molecule has 1 atom stereocenters. The Labute approximate surface area is 85.2 Å². The van der Waals surface area contributed by atoms with Crippen molar-refractivity contribution in [3.8, 4) is 0 Å². The number of hydrogen-bond acceptors (Lipinski definition) is 1. The number of halogens is 1. The van der Waals surface area contributed by atoms with Crippen molar-refractivity contribution >= 4 is 17.5 Å². The SMILES string of the molecule is CCC(CC)C(=O)N1CCC(Cl)C1. The number of alkyl halides is 1. The van der Waals surface area contributed by atoms with Crippen LogP contribution in [0, 0.1) is 5.92 Å². The fourth-order valence-electron chi connectivity index (χ4n) is 1.81. The standard InChI is InChI=1S/C10H18ClNO/c1-3-8(4-2)10(13)12-6-5-9(11)7-12/h8-9H,3-7H2,1-2H3. The minimum absolute atomic E-state index is 0.179. The first kappa shape index (κ1) is 10.8. The Morgan fingerprint density at radius 2 is 2.15 bits per heavy atom. The van der Waals surface area contributed by atoms with Crippen molar-refractivity contribution in [3.63, 3.8) is 0 Å². The number of hydrogen-bond donors (Lipinski definition) is 0. The molecule has 0 bridgehead atoms. The molecule has 0 aromatic carbocycles. The maximum Gasteiger partial charge on any atom is 0.225 e. The van der Waals surface area contributed by atoms with Gasteiger partial charge in [0.1, 0.15) is 0 Å². The molecule has 1 aliphatic heterocycles. The first-order chi connectivity index (χ1) is 6.19. The Morgan fingerprint density at radius 1 is 1.54 bits per heavy atom. The van der Waals surface area contributed by atoms with Gasteiger partial charge in [-0.05, 0) is 19.3 Å². The summed E-state index contributed by atoms with van der Waals surface area (Å²) in [7, 11) is 0. The summed E-state index contributed by atoms with van der Waals surface area (Å²) in [5.41, 5.74) is 0. The third kappa shape index (κ3) is 2.60. The minimum atomic E-state index is 0.179. The van der Waals surface area contributed by atoms with Crippen molar-refractivity contribution < 1.29 is 4.79 Å². The van der Waals surface area contributed by atoms with Gasteiger partial charge in [0.05, 0.1) is 5.38 Å². The molecule has 1 unspecified atom stereocenters. The zero-order chi connectivity index (χ0) is 9.84. The number of carbonyl (C=O) groups excluding carboxylic acids is 1. The van der Waals surface area contributed by atoms with E-state index >= 15 is 0 Å². The molecule has 0 aromatic rings. The topological polar surface area (TPSA) is 20.3 Å². The third-order valence-electron chi connectivity index (χ3n) is 2.78. The predicted octanol–water partition coefficient (Wildman–Crippen LogP) is 2.26. The van der Waals surface area contributed by atoms with Crippen LogP contribution in [0.5, 0.6) is 0 Å². The molecule has 2 nitrogen and oxygen atoms in total. The quantitative estimate of drug-likeness (QED) is 0.645. The molecule has 1 amide bonds. The van der Waals surface area contributed by atoms with Crippen molar-refractivity contribution in [1.82, 2.24) is 4.90 Å². The van der Waals surface area contributed by atoms with Crippen LogP contribution in [0.4, 0.5) is 0 Å². The van der Waals surface area contributed by atoms with Crippen molar-refractivity contribution in [1.29, 1.82) is 0 Å². The lowest BCUT2D eigenvalue weighted by Crippen LogP contribution is -2.34. The van der Waals surface area contributed by atoms with E-state index in [1.807, 2.05) is 4.90 Å². The lowest BCUT2D eigenvalue weighted by atomic mass is 10.0. The summed E-state index contributed by atoms with van der Waals surface area (Å²) in [4.78, 5) is 13.7. The van der Waals surface area contributed by atoms with Crippen molar-refractivity contribution in [2.24, 2.45) is 5.92 Å². The Kier molecular flexibility index (Phi) is 4.04. The average molecular weight is 204 g/mol. The van der Waals surface area contributed by atoms with Crippen LogP contribution in [0.2, 0.25) is 0 Å². The van der Waals surface area contributed by atoms with Crippen LogP contribution in [0.25, 0.3) is 0 Å². The van der Waals surface area contributed by atoms with E-state index in [0.717, 1.165) is 32.4 Å². The Morgan fingerprint density at radius 3 is 2.54 bits per heavy atom. The van der Waals surface area contributed by atoms with Gasteiger partial charge in [0.25, 0.3) is 0 Å². The van der Waals surface area contributed by atoms with Crippen LogP contribution in [0.15, 0.2) is 0 Å². The van der Waals surface area contributed by atoms with Crippen LogP contribution < -0.4 is 0 Å². The molecule has 1 heterocycles. The lowest BCUT2D eigenvalue weighted by molar-refractivity contribution is -0.134. The molecule has 0 radical (unpaired) electrons. The van der Waals surface area contributed by atoms with Crippen LogP contribution in [-0.2, 0) is 4.79 Å². The molecule has 0 N–H and O–H groups in total. The van der Waals surface area contributed by atoms with Crippen LogP contribution in [-0.4, -0.2) is 29.3 Å². The largest absolute Gasteiger partial charge is 0.341 e. The Balaban J connectivity index is 2.47. The summed E-state index contributed by atoms with van der Waals surface area (Å²) < 4.78 is 0. The number of likely N-dealkylation sites (tertiary alicyclic amines) is 1. The molecule has 76 valence electrons. The highest BCUT2D eigenvalue weighted by molar-refractivity contribution is 6.21. The summed E-state index contributed by atoms with van der Waals surface area (Å²) in [6.45, 7) is 5.74. The van der Waals surface area contributed by atoms with Gasteiger partial charge in [-0.25, -0.2) is 0 Å². The summed E-state index contributed by atoms with van der Waals surface area (Å²) in [5.74, 6) is 0.509. The van der Waals surface area contributed by atoms with Crippen LogP contribution in [0.1, 0.15) is 33.1 Å². The first-order valence-electron chi connectivity index (χ1n) is 5.11. The van der Waals surface area contributed by atoms with Crippen molar-refractivity contribution in [3.05, 3.63) is 0 Å². The van der Waals surface area contributed by atoms with E-state index in [-0.39, 0.29) is 11.3 Å². The second kappa shape index (κ2) is 4.85. The molecule has 3 heteroatoms. The van der Waals surface area contributed by atoms with Crippen molar-refractivity contribution in [2.45, 2.75) is 38.5 Å². The number of nitrogens with zero attached hydrogens (tertiary/aromatic N) is 1. The fraction of sp³-hybridized carbons (Fsp3) is 0.900. The van der Waals surface area contributed by atoms with E-state index in [0.29, 0.717) is 5.91 Å². The Bertz CT molecular complexity index is 180. The summed E-state index contributed by atoms with van der Waals surface area (Å²) in [6.07, 6.45) is 2.84. The smallest absolute Gasteiger partial charge is 0.225 e. The highest BCUT2D eigenvalue weighted by atomic mass is 35.5.